The van der Waals surface area contributed by atoms with Crippen LogP contribution in [-0.4, -0.2) is 35.0 Å². The van der Waals surface area contributed by atoms with Crippen molar-refractivity contribution in [3.63, 3.8) is 0 Å². The van der Waals surface area contributed by atoms with Crippen molar-refractivity contribution in [3.8, 4) is 0 Å². The average Bonchev–Trinajstić information content (AvgIpc) is 2.38. The van der Waals surface area contributed by atoms with Crippen LogP contribution in [0.5, 0.6) is 0 Å². The van der Waals surface area contributed by atoms with E-state index in [0.717, 1.165) is 5.56 Å². The molecule has 0 saturated carbocycles. The summed E-state index contributed by atoms with van der Waals surface area (Å²) in [7, 11) is -0.545. The van der Waals surface area contributed by atoms with Gasteiger partial charge in [-0.2, -0.15) is 0 Å². The quantitative estimate of drug-likeness (QED) is 0.866. The smallest absolute Gasteiger partial charge is 0.376 e. The van der Waals surface area contributed by atoms with Crippen LogP contribution in [0.25, 0.3) is 6.08 Å². The molecule has 1 saturated heterocycles. The lowest BCUT2D eigenvalue weighted by molar-refractivity contribution is 0.0766. The second-order valence-corrected chi connectivity index (χ2v) is 5.34. The molecule has 0 aromatic carbocycles. The molecule has 1 fully saturated rings. The summed E-state index contributed by atoms with van der Waals surface area (Å²) in [5, 5.41) is 9.83. The lowest BCUT2D eigenvalue weighted by Crippen LogP contribution is -2.47. The number of piperidine rings is 1. The van der Waals surface area contributed by atoms with Crippen molar-refractivity contribution < 1.29 is 9.41 Å². The maximum atomic E-state index is 15.0. The Balaban J connectivity index is 2.20. The number of halogens is 2. The van der Waals surface area contributed by atoms with Crippen LogP contribution >= 0.6 is 11.6 Å². The zero-order valence-corrected chi connectivity index (χ0v) is 11.7. The molecule has 3 nitrogen and oxygen atoms in total. The maximum absolute atomic E-state index is 15.0. The van der Waals surface area contributed by atoms with E-state index in [0.29, 0.717) is 23.8 Å². The highest BCUT2D eigenvalue weighted by molar-refractivity contribution is 6.45. The lowest BCUT2D eigenvalue weighted by Gasteiger charge is -2.36. The fourth-order valence-corrected chi connectivity index (χ4v) is 2.73. The summed E-state index contributed by atoms with van der Waals surface area (Å²) in [6, 6.07) is 1.68. The molecule has 0 radical (unpaired) electrons. The van der Waals surface area contributed by atoms with Crippen molar-refractivity contribution in [1.82, 2.24) is 9.79 Å². The van der Waals surface area contributed by atoms with E-state index in [-0.39, 0.29) is 12.8 Å². The van der Waals surface area contributed by atoms with E-state index < -0.39 is 12.7 Å². The minimum Gasteiger partial charge on any atom is -0.437 e. The van der Waals surface area contributed by atoms with Gasteiger partial charge in [0, 0.05) is 6.20 Å². The van der Waals surface area contributed by atoms with Crippen molar-refractivity contribution in [3.05, 3.63) is 35.1 Å². The molecule has 102 valence electrons. The highest BCUT2D eigenvalue weighted by Crippen LogP contribution is 2.39. The minimum atomic E-state index is -1.51. The molecule has 1 aliphatic rings. The lowest BCUT2D eigenvalue weighted by atomic mass is 9.79. The van der Waals surface area contributed by atoms with Crippen LogP contribution in [0.3, 0.4) is 0 Å². The van der Waals surface area contributed by atoms with Gasteiger partial charge in [0.15, 0.2) is 5.67 Å². The molecular weight excluding hydrogens is 265 g/mol. The molecule has 2 heterocycles. The monoisotopic (exact) mass is 282 g/mol. The van der Waals surface area contributed by atoms with Gasteiger partial charge < -0.3 is 9.83 Å². The third kappa shape index (κ3) is 2.99. The molecule has 2 rings (SSSR count). The molecule has 0 bridgehead atoms. The molecule has 1 aliphatic heterocycles. The largest absolute Gasteiger partial charge is 0.437 e. The number of rotatable bonds is 3. The van der Waals surface area contributed by atoms with Gasteiger partial charge in [0.1, 0.15) is 0 Å². The number of nitrogens with zero attached hydrogens (tertiary/aromatic N) is 2. The summed E-state index contributed by atoms with van der Waals surface area (Å²) in [5.41, 5.74) is -0.439. The summed E-state index contributed by atoms with van der Waals surface area (Å²) < 4.78 is 15.0. The van der Waals surface area contributed by atoms with E-state index in [1.165, 1.54) is 0 Å². The van der Waals surface area contributed by atoms with Crippen LogP contribution < -0.4 is 0 Å². The SMILES string of the molecule is C=Cc1cnc(C2(F)CCN(B(C)O)CC2)c(Cl)c1. The summed E-state index contributed by atoms with van der Waals surface area (Å²) in [5.74, 6) is 0. The van der Waals surface area contributed by atoms with Gasteiger partial charge in [0.25, 0.3) is 0 Å². The van der Waals surface area contributed by atoms with Gasteiger partial charge in [0.05, 0.1) is 10.7 Å². The maximum Gasteiger partial charge on any atom is 0.376 e. The predicted octanol–water partition coefficient (Wildman–Crippen LogP) is 2.75. The predicted molar refractivity (Wildman–Crippen MR) is 76.8 cm³/mol. The van der Waals surface area contributed by atoms with Crippen LogP contribution in [0.1, 0.15) is 24.1 Å². The van der Waals surface area contributed by atoms with Crippen molar-refractivity contribution in [1.29, 1.82) is 0 Å². The van der Waals surface area contributed by atoms with Gasteiger partial charge >= 0.3 is 7.05 Å². The first-order valence-electron chi connectivity index (χ1n) is 6.36. The van der Waals surface area contributed by atoms with Crippen LogP contribution in [0.4, 0.5) is 4.39 Å². The highest BCUT2D eigenvalue weighted by atomic mass is 35.5. The fraction of sp³-hybridized carbons (Fsp3) is 0.462. The molecule has 0 unspecified atom stereocenters. The Bertz CT molecular complexity index is 476. The van der Waals surface area contributed by atoms with E-state index in [9.17, 15) is 9.41 Å². The standard InChI is InChI=1S/C13H17BClFN2O/c1-3-10-8-11(15)12(17-9-10)13(16)4-6-18(7-5-13)14(2)19/h3,8-9,19H,1,4-7H2,2H3. The molecule has 1 aromatic rings. The van der Waals surface area contributed by atoms with Crippen molar-refractivity contribution in [2.24, 2.45) is 0 Å². The summed E-state index contributed by atoms with van der Waals surface area (Å²) in [4.78, 5) is 5.99. The molecule has 1 aromatic heterocycles. The second-order valence-electron chi connectivity index (χ2n) is 4.94. The topological polar surface area (TPSA) is 36.4 Å². The molecule has 1 N–H and O–H groups in total. The molecule has 0 spiro atoms. The number of pyridine rings is 1. The van der Waals surface area contributed by atoms with Crippen LogP contribution in [0.2, 0.25) is 11.8 Å². The van der Waals surface area contributed by atoms with Crippen LogP contribution in [0.15, 0.2) is 18.8 Å². The fourth-order valence-electron chi connectivity index (χ4n) is 2.38. The number of alkyl halides is 1. The molecule has 0 aliphatic carbocycles. The second kappa shape index (κ2) is 5.61. The normalized spacial score (nSPS) is 19.2. The Labute approximate surface area is 118 Å². The Morgan fingerprint density at radius 1 is 1.58 bits per heavy atom. The Morgan fingerprint density at radius 2 is 2.21 bits per heavy atom. The van der Waals surface area contributed by atoms with Gasteiger partial charge in [-0.15, -0.1) is 0 Å². The van der Waals surface area contributed by atoms with Gasteiger partial charge in [-0.3, -0.25) is 4.98 Å². The Hall–Kier alpha value is -0.905. The molecule has 0 amide bonds. The number of hydrogen-bond acceptors (Lipinski definition) is 3. The number of aromatic nitrogens is 1. The summed E-state index contributed by atoms with van der Waals surface area (Å²) in [6.07, 6.45) is 3.79. The first-order valence-corrected chi connectivity index (χ1v) is 6.73. The first-order chi connectivity index (χ1) is 8.96. The average molecular weight is 283 g/mol. The van der Waals surface area contributed by atoms with E-state index in [1.807, 2.05) is 4.81 Å². The van der Waals surface area contributed by atoms with Crippen molar-refractivity contribution >= 4 is 24.7 Å². The zero-order valence-electron chi connectivity index (χ0n) is 10.9. The number of hydrogen-bond donors (Lipinski definition) is 1. The van der Waals surface area contributed by atoms with Crippen molar-refractivity contribution in [2.75, 3.05) is 13.1 Å². The van der Waals surface area contributed by atoms with Gasteiger partial charge in [0.2, 0.25) is 0 Å². The third-order valence-electron chi connectivity index (χ3n) is 3.64. The van der Waals surface area contributed by atoms with Crippen LogP contribution in [-0.2, 0) is 5.67 Å². The van der Waals surface area contributed by atoms with E-state index in [2.05, 4.69) is 11.6 Å². The summed E-state index contributed by atoms with van der Waals surface area (Å²) in [6.45, 7) is 6.31. The van der Waals surface area contributed by atoms with E-state index in [1.54, 1.807) is 25.2 Å². The van der Waals surface area contributed by atoms with Gasteiger partial charge in [-0.1, -0.05) is 24.3 Å². The zero-order chi connectivity index (χ0) is 14.0. The Morgan fingerprint density at radius 3 is 2.68 bits per heavy atom. The Kier molecular flexibility index (Phi) is 4.28. The molecular formula is C13H17BClFN2O. The molecule has 0 atom stereocenters. The first kappa shape index (κ1) is 14.5. The third-order valence-corrected chi connectivity index (χ3v) is 3.93. The molecule has 19 heavy (non-hydrogen) atoms. The van der Waals surface area contributed by atoms with Gasteiger partial charge in [-0.05, 0) is 44.4 Å². The van der Waals surface area contributed by atoms with Crippen LogP contribution in [0, 0.1) is 0 Å². The van der Waals surface area contributed by atoms with Crippen molar-refractivity contribution in [2.45, 2.75) is 25.3 Å². The summed E-state index contributed by atoms with van der Waals surface area (Å²) >= 11 is 6.12. The van der Waals surface area contributed by atoms with E-state index >= 15 is 0 Å². The van der Waals surface area contributed by atoms with E-state index in [4.69, 9.17) is 11.6 Å². The van der Waals surface area contributed by atoms with Gasteiger partial charge in [-0.25, -0.2) is 4.39 Å². The highest BCUT2D eigenvalue weighted by Gasteiger charge is 2.40. The minimum absolute atomic E-state index is 0.290. The molecule has 6 heteroatoms.